The van der Waals surface area contributed by atoms with Crippen molar-refractivity contribution in [1.82, 2.24) is 0 Å². The average Bonchev–Trinajstić information content (AvgIpc) is 2.13. The van der Waals surface area contributed by atoms with Crippen molar-refractivity contribution >= 4 is 0 Å². The molecule has 0 amide bonds. The van der Waals surface area contributed by atoms with Gasteiger partial charge in [0.2, 0.25) is 0 Å². The monoisotopic (exact) mass is 215 g/mol. The van der Waals surface area contributed by atoms with E-state index in [1.165, 1.54) is 0 Å². The smallest absolute Gasteiger partial charge is 0.0801 e. The van der Waals surface area contributed by atoms with E-state index in [9.17, 15) is 0 Å². The maximum atomic E-state index is 6.23. The van der Waals surface area contributed by atoms with Crippen molar-refractivity contribution in [2.75, 3.05) is 6.61 Å². The van der Waals surface area contributed by atoms with Gasteiger partial charge in [0.15, 0.2) is 0 Å². The van der Waals surface area contributed by atoms with Crippen LogP contribution in [-0.4, -0.2) is 18.2 Å². The Kier molecular flexibility index (Phi) is 5.82. The molecule has 0 bridgehead atoms. The van der Waals surface area contributed by atoms with Crippen LogP contribution in [0.2, 0.25) is 0 Å². The Morgan fingerprint density at radius 2 is 1.67 bits per heavy atom. The molecule has 2 heteroatoms. The highest BCUT2D eigenvalue weighted by Crippen LogP contribution is 2.27. The topological polar surface area (TPSA) is 35.2 Å². The van der Waals surface area contributed by atoms with Crippen LogP contribution in [0.15, 0.2) is 0 Å². The van der Waals surface area contributed by atoms with Crippen LogP contribution in [-0.2, 0) is 4.74 Å². The Hall–Kier alpha value is -0.0800. The zero-order valence-electron chi connectivity index (χ0n) is 11.4. The SMILES string of the molecule is CCOC(C)(CC)C(N)CCC(C)(C)C. The Labute approximate surface area is 95.6 Å². The molecule has 0 saturated carbocycles. The molecule has 0 aromatic carbocycles. The molecule has 0 heterocycles. The zero-order valence-corrected chi connectivity index (χ0v) is 11.4. The predicted molar refractivity (Wildman–Crippen MR) is 67.0 cm³/mol. The molecule has 0 radical (unpaired) electrons. The lowest BCUT2D eigenvalue weighted by Gasteiger charge is -2.35. The van der Waals surface area contributed by atoms with Crippen LogP contribution < -0.4 is 5.73 Å². The molecule has 0 aromatic heterocycles. The van der Waals surface area contributed by atoms with Gasteiger partial charge in [0, 0.05) is 12.6 Å². The molecule has 2 N–H and O–H groups in total. The number of hydrogen-bond acceptors (Lipinski definition) is 2. The van der Waals surface area contributed by atoms with Crippen LogP contribution in [0, 0.1) is 5.41 Å². The molecule has 0 fully saturated rings. The first-order valence-electron chi connectivity index (χ1n) is 6.14. The van der Waals surface area contributed by atoms with Gasteiger partial charge in [-0.1, -0.05) is 27.7 Å². The minimum absolute atomic E-state index is 0.140. The average molecular weight is 215 g/mol. The molecule has 92 valence electrons. The molecule has 0 aromatic rings. The maximum absolute atomic E-state index is 6.23. The zero-order chi connectivity index (χ0) is 12.1. The highest BCUT2D eigenvalue weighted by molar-refractivity contribution is 4.87. The quantitative estimate of drug-likeness (QED) is 0.737. The van der Waals surface area contributed by atoms with E-state index >= 15 is 0 Å². The summed E-state index contributed by atoms with van der Waals surface area (Å²) in [4.78, 5) is 0. The molecule has 0 aliphatic heterocycles. The lowest BCUT2D eigenvalue weighted by molar-refractivity contribution is -0.0496. The summed E-state index contributed by atoms with van der Waals surface area (Å²) in [6.07, 6.45) is 3.16. The largest absolute Gasteiger partial charge is 0.374 e. The fraction of sp³-hybridized carbons (Fsp3) is 1.00. The molecule has 0 rings (SSSR count). The summed E-state index contributed by atoms with van der Waals surface area (Å²) in [5.41, 5.74) is 6.44. The summed E-state index contributed by atoms with van der Waals surface area (Å²) in [6.45, 7) is 13.8. The van der Waals surface area contributed by atoms with Crippen LogP contribution in [0.3, 0.4) is 0 Å². The van der Waals surface area contributed by atoms with Gasteiger partial charge in [0.25, 0.3) is 0 Å². The van der Waals surface area contributed by atoms with Gasteiger partial charge in [-0.15, -0.1) is 0 Å². The fourth-order valence-corrected chi connectivity index (χ4v) is 1.69. The summed E-state index contributed by atoms with van der Waals surface area (Å²) in [6, 6.07) is 0.140. The number of hydrogen-bond donors (Lipinski definition) is 1. The van der Waals surface area contributed by atoms with Crippen LogP contribution in [0.1, 0.15) is 60.8 Å². The van der Waals surface area contributed by atoms with Gasteiger partial charge in [-0.25, -0.2) is 0 Å². The van der Waals surface area contributed by atoms with E-state index in [0.29, 0.717) is 5.41 Å². The Balaban J connectivity index is 4.21. The minimum atomic E-state index is -0.153. The fourth-order valence-electron chi connectivity index (χ4n) is 1.69. The molecule has 0 spiro atoms. The van der Waals surface area contributed by atoms with Crippen molar-refractivity contribution < 1.29 is 4.74 Å². The highest BCUT2D eigenvalue weighted by atomic mass is 16.5. The van der Waals surface area contributed by atoms with Crippen LogP contribution >= 0.6 is 0 Å². The maximum Gasteiger partial charge on any atom is 0.0801 e. The second-order valence-corrected chi connectivity index (χ2v) is 5.81. The van der Waals surface area contributed by atoms with Gasteiger partial charge in [-0.05, 0) is 38.5 Å². The molecule has 0 aliphatic carbocycles. The van der Waals surface area contributed by atoms with Crippen molar-refractivity contribution in [3.8, 4) is 0 Å². The molecule has 0 aliphatic rings. The van der Waals surface area contributed by atoms with Crippen LogP contribution in [0.4, 0.5) is 0 Å². The summed E-state index contributed by atoms with van der Waals surface area (Å²) in [5, 5.41) is 0. The summed E-state index contributed by atoms with van der Waals surface area (Å²) in [5.74, 6) is 0. The van der Waals surface area contributed by atoms with E-state index in [4.69, 9.17) is 10.5 Å². The van der Waals surface area contributed by atoms with Gasteiger partial charge in [-0.2, -0.15) is 0 Å². The van der Waals surface area contributed by atoms with Gasteiger partial charge in [-0.3, -0.25) is 0 Å². The molecular weight excluding hydrogens is 186 g/mol. The second-order valence-electron chi connectivity index (χ2n) is 5.81. The van der Waals surface area contributed by atoms with Gasteiger partial charge in [0.1, 0.15) is 0 Å². The van der Waals surface area contributed by atoms with E-state index in [2.05, 4.69) is 34.6 Å². The predicted octanol–water partition coefficient (Wildman–Crippen LogP) is 3.35. The number of nitrogens with two attached hydrogens (primary N) is 1. The normalized spacial score (nSPS) is 18.6. The van der Waals surface area contributed by atoms with E-state index in [1.54, 1.807) is 0 Å². The number of rotatable bonds is 6. The molecule has 2 atom stereocenters. The van der Waals surface area contributed by atoms with Crippen LogP contribution in [0.5, 0.6) is 0 Å². The van der Waals surface area contributed by atoms with Gasteiger partial charge >= 0.3 is 0 Å². The number of ether oxygens (including phenoxy) is 1. The highest BCUT2D eigenvalue weighted by Gasteiger charge is 2.30. The molecule has 2 unspecified atom stereocenters. The standard InChI is InChI=1S/C13H29NO/c1-7-13(6,15-8-2)11(14)9-10-12(3,4)5/h11H,7-10,14H2,1-6H3. The second kappa shape index (κ2) is 5.86. The lowest BCUT2D eigenvalue weighted by atomic mass is 9.83. The first-order valence-corrected chi connectivity index (χ1v) is 6.14. The summed E-state index contributed by atoms with van der Waals surface area (Å²) in [7, 11) is 0. The van der Waals surface area contributed by atoms with Crippen molar-refractivity contribution in [3.05, 3.63) is 0 Å². The molecular formula is C13H29NO. The Bertz CT molecular complexity index is 174. The van der Waals surface area contributed by atoms with E-state index < -0.39 is 0 Å². The summed E-state index contributed by atoms with van der Waals surface area (Å²) < 4.78 is 5.78. The van der Waals surface area contributed by atoms with Crippen molar-refractivity contribution in [2.24, 2.45) is 11.1 Å². The van der Waals surface area contributed by atoms with E-state index in [0.717, 1.165) is 25.9 Å². The first-order chi connectivity index (χ1) is 6.75. The van der Waals surface area contributed by atoms with Gasteiger partial charge in [0.05, 0.1) is 5.60 Å². The minimum Gasteiger partial charge on any atom is -0.374 e. The van der Waals surface area contributed by atoms with Crippen molar-refractivity contribution in [2.45, 2.75) is 72.4 Å². The molecule has 0 saturated heterocycles. The third-order valence-corrected chi connectivity index (χ3v) is 3.17. The lowest BCUT2D eigenvalue weighted by Crippen LogP contribution is -2.47. The third-order valence-electron chi connectivity index (χ3n) is 3.17. The molecule has 15 heavy (non-hydrogen) atoms. The van der Waals surface area contributed by atoms with E-state index in [1.807, 2.05) is 6.92 Å². The third kappa shape index (κ3) is 5.53. The van der Waals surface area contributed by atoms with Crippen molar-refractivity contribution in [3.63, 3.8) is 0 Å². The summed E-state index contributed by atoms with van der Waals surface area (Å²) >= 11 is 0. The van der Waals surface area contributed by atoms with Gasteiger partial charge < -0.3 is 10.5 Å². The Morgan fingerprint density at radius 1 is 1.13 bits per heavy atom. The van der Waals surface area contributed by atoms with E-state index in [-0.39, 0.29) is 11.6 Å². The first kappa shape index (κ1) is 14.9. The molecule has 2 nitrogen and oxygen atoms in total. The van der Waals surface area contributed by atoms with Crippen molar-refractivity contribution in [1.29, 1.82) is 0 Å². The Morgan fingerprint density at radius 3 is 2.00 bits per heavy atom. The van der Waals surface area contributed by atoms with Crippen LogP contribution in [0.25, 0.3) is 0 Å².